The molecule has 3 amide bonds. The maximum absolute atomic E-state index is 13.1. The molecule has 1 aliphatic heterocycles. The molecule has 1 fully saturated rings. The fourth-order valence-corrected chi connectivity index (χ4v) is 4.10. The first kappa shape index (κ1) is 25.4. The number of likely N-dealkylation sites (tertiary alicyclic amines) is 1. The zero-order valence-electron chi connectivity index (χ0n) is 17.8. The van der Waals surface area contributed by atoms with E-state index in [1.165, 1.54) is 4.90 Å². The molecule has 1 aromatic carbocycles. The lowest BCUT2D eigenvalue weighted by atomic mass is 9.97. The molecule has 0 spiro atoms. The smallest absolute Gasteiger partial charge is 0.313 e. The zero-order chi connectivity index (χ0) is 23.5. The molecule has 0 radical (unpaired) electrons. The van der Waals surface area contributed by atoms with Gasteiger partial charge in [0.1, 0.15) is 12.1 Å². The lowest BCUT2D eigenvalue weighted by Gasteiger charge is -2.38. The number of ether oxygens (including phenoxy) is 1. The van der Waals surface area contributed by atoms with Crippen LogP contribution in [0.3, 0.4) is 0 Å². The molecule has 3 atom stereocenters. The Morgan fingerprint density at radius 1 is 1.28 bits per heavy atom. The molecule has 0 saturated carbocycles. The number of carbonyl (C=O) groups excluding carboxylic acids is 3. The van der Waals surface area contributed by atoms with Crippen LogP contribution in [-0.2, 0) is 30.3 Å². The number of rotatable bonds is 12. The van der Waals surface area contributed by atoms with Crippen molar-refractivity contribution in [1.82, 2.24) is 10.2 Å². The third-order valence-electron chi connectivity index (χ3n) is 5.02. The molecule has 10 heteroatoms. The first-order valence-corrected chi connectivity index (χ1v) is 11.4. The molecular weight excluding hydrogens is 434 g/mol. The summed E-state index contributed by atoms with van der Waals surface area (Å²) in [5.41, 5.74) is 6.35. The summed E-state index contributed by atoms with van der Waals surface area (Å²) in [5.74, 6) is -2.78. The van der Waals surface area contributed by atoms with Crippen LogP contribution in [0.5, 0.6) is 0 Å². The van der Waals surface area contributed by atoms with Crippen LogP contribution in [0.2, 0.25) is 0 Å². The standard InChI is InChI=1S/C22H29N3O6S/c1-2-10-31-16-8-9-25(19(26)13-32-14-20(27)28)18(12-16)22(30)24-17(21(23)29)11-15-6-4-3-5-7-15/h2-7,16-18H,1,8-14H2,(H2,23,29)(H,24,30)(H,27,28)/t16-,17-,18+/m1/s1. The SMILES string of the molecule is C=CCO[C@@H]1CCN(C(=O)CSCC(=O)O)[C@H](C(=O)N[C@H](Cc2ccccc2)C(N)=O)C1. The average molecular weight is 464 g/mol. The van der Waals surface area contributed by atoms with Crippen LogP contribution in [0, 0.1) is 0 Å². The summed E-state index contributed by atoms with van der Waals surface area (Å²) in [6.07, 6.45) is 2.38. The van der Waals surface area contributed by atoms with E-state index in [2.05, 4.69) is 11.9 Å². The quantitative estimate of drug-likeness (QED) is 0.385. The van der Waals surface area contributed by atoms with Gasteiger partial charge in [0.25, 0.3) is 0 Å². The van der Waals surface area contributed by atoms with Crippen molar-refractivity contribution in [1.29, 1.82) is 0 Å². The van der Waals surface area contributed by atoms with Gasteiger partial charge in [-0.1, -0.05) is 36.4 Å². The highest BCUT2D eigenvalue weighted by atomic mass is 32.2. The summed E-state index contributed by atoms with van der Waals surface area (Å²) in [7, 11) is 0. The van der Waals surface area contributed by atoms with E-state index in [-0.39, 0.29) is 42.9 Å². The third-order valence-corrected chi connectivity index (χ3v) is 5.92. The number of hydrogen-bond donors (Lipinski definition) is 3. The lowest BCUT2D eigenvalue weighted by Crippen LogP contribution is -2.58. The molecule has 1 aromatic rings. The van der Waals surface area contributed by atoms with Gasteiger partial charge in [-0.2, -0.15) is 0 Å². The van der Waals surface area contributed by atoms with E-state index in [0.717, 1.165) is 17.3 Å². The molecule has 1 heterocycles. The number of carboxylic acid groups (broad SMARTS) is 1. The summed E-state index contributed by atoms with van der Waals surface area (Å²) in [5, 5.41) is 11.5. The molecule has 32 heavy (non-hydrogen) atoms. The number of benzene rings is 1. The molecular formula is C22H29N3O6S. The first-order chi connectivity index (χ1) is 15.3. The number of amides is 3. The number of hydrogen-bond acceptors (Lipinski definition) is 6. The predicted molar refractivity (Wildman–Crippen MR) is 121 cm³/mol. The molecule has 1 aliphatic rings. The number of nitrogens with one attached hydrogen (secondary N) is 1. The summed E-state index contributed by atoms with van der Waals surface area (Å²) < 4.78 is 5.69. The van der Waals surface area contributed by atoms with Crippen LogP contribution < -0.4 is 11.1 Å². The van der Waals surface area contributed by atoms with Crippen molar-refractivity contribution in [2.24, 2.45) is 5.73 Å². The van der Waals surface area contributed by atoms with Gasteiger partial charge in [-0.3, -0.25) is 19.2 Å². The molecule has 0 bridgehead atoms. The van der Waals surface area contributed by atoms with Gasteiger partial charge < -0.3 is 25.8 Å². The Balaban J connectivity index is 2.11. The summed E-state index contributed by atoms with van der Waals surface area (Å²) in [6, 6.07) is 7.37. The number of nitrogens with two attached hydrogens (primary N) is 1. The third kappa shape index (κ3) is 8.01. The van der Waals surface area contributed by atoms with Gasteiger partial charge in [0, 0.05) is 19.4 Å². The first-order valence-electron chi connectivity index (χ1n) is 10.3. The normalized spacial score (nSPS) is 19.1. The van der Waals surface area contributed by atoms with Gasteiger partial charge in [0.2, 0.25) is 17.7 Å². The minimum atomic E-state index is -1.01. The molecule has 2 rings (SSSR count). The maximum atomic E-state index is 13.1. The zero-order valence-corrected chi connectivity index (χ0v) is 18.6. The van der Waals surface area contributed by atoms with Crippen LogP contribution >= 0.6 is 11.8 Å². The molecule has 4 N–H and O–H groups in total. The number of carbonyl (C=O) groups is 4. The van der Waals surface area contributed by atoms with Crippen molar-refractivity contribution in [3.63, 3.8) is 0 Å². The van der Waals surface area contributed by atoms with Crippen LogP contribution in [0.15, 0.2) is 43.0 Å². The van der Waals surface area contributed by atoms with Crippen LogP contribution in [0.4, 0.5) is 0 Å². The van der Waals surface area contributed by atoms with Crippen molar-refractivity contribution in [2.75, 3.05) is 24.7 Å². The van der Waals surface area contributed by atoms with E-state index in [0.29, 0.717) is 13.0 Å². The fraction of sp³-hybridized carbons (Fsp3) is 0.455. The summed E-state index contributed by atoms with van der Waals surface area (Å²) >= 11 is 0.971. The molecule has 1 saturated heterocycles. The van der Waals surface area contributed by atoms with E-state index in [9.17, 15) is 19.2 Å². The minimum absolute atomic E-state index is 0.0580. The number of piperidine rings is 1. The lowest BCUT2D eigenvalue weighted by molar-refractivity contribution is -0.144. The van der Waals surface area contributed by atoms with Crippen LogP contribution in [0.1, 0.15) is 18.4 Å². The van der Waals surface area contributed by atoms with E-state index in [1.807, 2.05) is 30.3 Å². The Hall–Kier alpha value is -2.85. The number of primary amides is 1. The average Bonchev–Trinajstić information content (AvgIpc) is 2.77. The number of aliphatic carboxylic acids is 1. The highest BCUT2D eigenvalue weighted by molar-refractivity contribution is 8.00. The highest BCUT2D eigenvalue weighted by Gasteiger charge is 2.37. The van der Waals surface area contributed by atoms with Crippen LogP contribution in [0.25, 0.3) is 0 Å². The second kappa shape index (κ2) is 12.9. The Bertz CT molecular complexity index is 819. The van der Waals surface area contributed by atoms with E-state index in [4.69, 9.17) is 15.6 Å². The van der Waals surface area contributed by atoms with Gasteiger partial charge in [-0.25, -0.2) is 0 Å². The topological polar surface area (TPSA) is 139 Å². The van der Waals surface area contributed by atoms with Gasteiger partial charge in [0.05, 0.1) is 24.2 Å². The molecule has 174 valence electrons. The van der Waals surface area contributed by atoms with Crippen molar-refractivity contribution >= 4 is 35.5 Å². The van der Waals surface area contributed by atoms with Gasteiger partial charge in [-0.05, 0) is 12.0 Å². The maximum Gasteiger partial charge on any atom is 0.313 e. The Labute approximate surface area is 191 Å². The molecule has 9 nitrogen and oxygen atoms in total. The number of nitrogens with zero attached hydrogens (tertiary/aromatic N) is 1. The second-order valence-corrected chi connectivity index (χ2v) is 8.40. The number of thioether (sulfide) groups is 1. The van der Waals surface area contributed by atoms with Gasteiger partial charge >= 0.3 is 5.97 Å². The Morgan fingerprint density at radius 2 is 2.00 bits per heavy atom. The van der Waals surface area contributed by atoms with Gasteiger partial charge in [0.15, 0.2) is 0 Å². The molecule has 0 unspecified atom stereocenters. The fourth-order valence-electron chi connectivity index (χ4n) is 3.48. The summed E-state index contributed by atoms with van der Waals surface area (Å²) in [4.78, 5) is 50.0. The Morgan fingerprint density at radius 3 is 2.62 bits per heavy atom. The second-order valence-electron chi connectivity index (χ2n) is 7.41. The molecule has 0 aromatic heterocycles. The van der Waals surface area contributed by atoms with Crippen molar-refractivity contribution < 1.29 is 29.0 Å². The van der Waals surface area contributed by atoms with Gasteiger partial charge in [-0.15, -0.1) is 18.3 Å². The Kier molecular flexibility index (Phi) is 10.2. The van der Waals surface area contributed by atoms with E-state index >= 15 is 0 Å². The van der Waals surface area contributed by atoms with Crippen molar-refractivity contribution in [3.05, 3.63) is 48.6 Å². The molecule has 0 aliphatic carbocycles. The summed E-state index contributed by atoms with van der Waals surface area (Å²) in [6.45, 7) is 4.22. The predicted octanol–water partition coefficient (Wildman–Crippen LogP) is 0.579. The highest BCUT2D eigenvalue weighted by Crippen LogP contribution is 2.22. The minimum Gasteiger partial charge on any atom is -0.481 e. The van der Waals surface area contributed by atoms with Crippen molar-refractivity contribution in [3.8, 4) is 0 Å². The number of carboxylic acids is 1. The van der Waals surface area contributed by atoms with E-state index in [1.54, 1.807) is 6.08 Å². The van der Waals surface area contributed by atoms with Crippen molar-refractivity contribution in [2.45, 2.75) is 37.5 Å². The van der Waals surface area contributed by atoms with E-state index < -0.39 is 29.9 Å². The largest absolute Gasteiger partial charge is 0.481 e. The van der Waals surface area contributed by atoms with Crippen LogP contribution in [-0.4, -0.2) is 76.5 Å². The monoisotopic (exact) mass is 463 g/mol.